The van der Waals surface area contributed by atoms with Crippen molar-refractivity contribution in [2.45, 2.75) is 6.18 Å². The number of pyridine rings is 1. The van der Waals surface area contributed by atoms with E-state index in [-0.39, 0.29) is 0 Å². The first-order chi connectivity index (χ1) is 5.61. The van der Waals surface area contributed by atoms with Crippen molar-refractivity contribution in [2.24, 2.45) is 0 Å². The molecule has 0 aliphatic carbocycles. The predicted molar refractivity (Wildman–Crippen MR) is 37.0 cm³/mol. The van der Waals surface area contributed by atoms with Gasteiger partial charge in [0.2, 0.25) is 0 Å². The van der Waals surface area contributed by atoms with Gasteiger partial charge < -0.3 is 4.98 Å². The van der Waals surface area contributed by atoms with Gasteiger partial charge in [0.25, 0.3) is 0 Å². The molecule has 0 aliphatic rings. The number of hydrogen-bond donors (Lipinski definition) is 0. The molecule has 0 saturated heterocycles. The van der Waals surface area contributed by atoms with Crippen LogP contribution in [0.2, 0.25) is 0 Å². The second-order valence-corrected chi connectivity index (χ2v) is 1.65. The van der Waals surface area contributed by atoms with Crippen molar-refractivity contribution in [1.82, 2.24) is 4.98 Å². The van der Waals surface area contributed by atoms with Crippen LogP contribution in [0.3, 0.4) is 0 Å². The molecule has 0 N–H and O–H groups in total. The summed E-state index contributed by atoms with van der Waals surface area (Å²) in [5.74, 6) is 0. The Morgan fingerprint density at radius 1 is 1.42 bits per heavy atom. The van der Waals surface area contributed by atoms with Crippen LogP contribution in [-0.2, 0) is 22.5 Å². The van der Waals surface area contributed by atoms with E-state index in [4.69, 9.17) is 0 Å². The van der Waals surface area contributed by atoms with Crippen molar-refractivity contribution in [3.05, 3.63) is 30.1 Å². The molecule has 0 unspecified atom stereocenters. The molecule has 1 aromatic rings. The van der Waals surface area contributed by atoms with Gasteiger partial charge in [0.1, 0.15) is 0 Å². The molecule has 0 fully saturated rings. The summed E-state index contributed by atoms with van der Waals surface area (Å²) in [4.78, 5) is 3.00. The fourth-order valence-electron chi connectivity index (χ4n) is 0.484. The molecule has 62 valence electrons. The predicted octanol–water partition coefficient (Wildman–Crippen LogP) is 2.74. The third-order valence-electron chi connectivity index (χ3n) is 0.900. The van der Waals surface area contributed by atoms with E-state index in [0.717, 1.165) is 6.07 Å². The third kappa shape index (κ3) is 4.16. The fraction of sp³-hybridized carbons (Fsp3) is 0.167. The van der Waals surface area contributed by atoms with E-state index in [1.165, 1.54) is 28.5 Å². The summed E-state index contributed by atoms with van der Waals surface area (Å²) < 4.78 is 35.1. The van der Waals surface area contributed by atoms with E-state index in [0.29, 0.717) is 0 Å². The number of halogens is 4. The molecule has 0 spiro atoms. The van der Waals surface area contributed by atoms with Crippen LogP contribution in [0.4, 0.5) is 13.2 Å². The Morgan fingerprint density at radius 2 is 2.00 bits per heavy atom. The van der Waals surface area contributed by atoms with Crippen LogP contribution < -0.4 is 0 Å². The van der Waals surface area contributed by atoms with Gasteiger partial charge in [-0.3, -0.25) is 0 Å². The van der Waals surface area contributed by atoms with Crippen molar-refractivity contribution in [3.63, 3.8) is 0 Å². The van der Waals surface area contributed by atoms with Gasteiger partial charge in [0, 0.05) is 5.69 Å². The van der Waals surface area contributed by atoms with Gasteiger partial charge in [0.05, 0.1) is 0 Å². The summed E-state index contributed by atoms with van der Waals surface area (Å²) in [6.07, 6.45) is -2.25. The zero-order valence-electron chi connectivity index (χ0n) is 5.90. The van der Waals surface area contributed by atoms with Crippen molar-refractivity contribution in [2.75, 3.05) is 0 Å². The van der Waals surface area contributed by atoms with Crippen LogP contribution in [0.1, 0.15) is 5.69 Å². The Kier molecular flexibility index (Phi) is 5.67. The molecule has 0 radical (unpaired) electrons. The van der Waals surface area contributed by atoms with Gasteiger partial charge in [-0.15, -0.1) is 6.07 Å². The number of rotatable bonds is 0. The summed E-state index contributed by atoms with van der Waals surface area (Å²) in [6.45, 7) is 0. The Bertz CT molecular complexity index is 214. The Labute approximate surface area is 84.4 Å². The number of nitrogens with zero attached hydrogens (tertiary/aromatic N) is 1. The first kappa shape index (κ1) is 12.0. The number of hydrogen-bond acceptors (Lipinski definition) is 1. The zero-order chi connectivity index (χ0) is 9.61. The second kappa shape index (κ2) is 5.65. The third-order valence-corrected chi connectivity index (χ3v) is 0.900. The molecule has 12 heavy (non-hydrogen) atoms. The monoisotopic (exact) mass is 289 g/mol. The van der Waals surface area contributed by atoms with Crippen LogP contribution in [0.15, 0.2) is 18.2 Å². The average molecular weight is 291 g/mol. The maximum absolute atomic E-state index is 11.7. The summed E-state index contributed by atoms with van der Waals surface area (Å²) in [5, 5.41) is 0. The van der Waals surface area contributed by atoms with Gasteiger partial charge >= 0.3 is 36.1 Å². The Morgan fingerprint density at radius 3 is 2.25 bits per heavy atom. The Hall–Kier alpha value is 0.0434. The molecule has 1 heterocycles. The topological polar surface area (TPSA) is 12.9 Å². The zero-order valence-corrected chi connectivity index (χ0v) is 10.5. The van der Waals surface area contributed by atoms with Crippen LogP contribution in [0.5, 0.6) is 0 Å². The fourth-order valence-corrected chi connectivity index (χ4v) is 0.484. The molecule has 1 rings (SSSR count). The number of aromatic nitrogens is 1. The average Bonchev–Trinajstić information content (AvgIpc) is 2.08. The van der Waals surface area contributed by atoms with Crippen molar-refractivity contribution in [1.29, 1.82) is 0 Å². The molecule has 0 atom stereocenters. The summed E-state index contributed by atoms with van der Waals surface area (Å²) >= 11 is 4.25. The van der Waals surface area contributed by atoms with E-state index in [2.05, 4.69) is 24.8 Å². The molecule has 0 aliphatic heterocycles. The Balaban J connectivity index is 0.000000561. The molecule has 1 aromatic heterocycles. The molecule has 6 heteroatoms. The van der Waals surface area contributed by atoms with Crippen molar-refractivity contribution in [3.8, 4) is 0 Å². The van der Waals surface area contributed by atoms with E-state index in [1.807, 2.05) is 0 Å². The van der Waals surface area contributed by atoms with Crippen molar-refractivity contribution < 1.29 is 29.5 Å². The van der Waals surface area contributed by atoms with Crippen LogP contribution >= 0.6 is 13.6 Å². The van der Waals surface area contributed by atoms with E-state index >= 15 is 0 Å². The van der Waals surface area contributed by atoms with Gasteiger partial charge in [-0.25, -0.2) is 0 Å². The maximum atomic E-state index is 11.7. The van der Waals surface area contributed by atoms with E-state index < -0.39 is 11.9 Å². The van der Waals surface area contributed by atoms with Gasteiger partial charge in [-0.1, -0.05) is 6.20 Å². The number of alkyl halides is 3. The van der Waals surface area contributed by atoms with Crippen LogP contribution in [0, 0.1) is 6.20 Å². The summed E-state index contributed by atoms with van der Waals surface area (Å²) in [7, 11) is 0. The van der Waals surface area contributed by atoms with Gasteiger partial charge in [-0.05, 0) is 0 Å². The summed E-state index contributed by atoms with van der Waals surface area (Å²) in [6, 6.07) is 3.46. The molecule has 0 aromatic carbocycles. The van der Waals surface area contributed by atoms with Gasteiger partial charge in [0.15, 0.2) is 0 Å². The van der Waals surface area contributed by atoms with Gasteiger partial charge in [-0.2, -0.15) is 25.3 Å². The van der Waals surface area contributed by atoms with E-state index in [9.17, 15) is 13.2 Å². The molecule has 0 bridgehead atoms. The standard InChI is InChI=1S/C6H3F3N.BrH.Zn/c7-6(8,9)5-3-1-2-4-10-5;;/h1-3H;1H;/q-1;;+2/p-1. The molecule has 0 saturated carbocycles. The molecule has 0 amide bonds. The summed E-state index contributed by atoms with van der Waals surface area (Å²) in [5.41, 5.74) is -0.907. The first-order valence-electron chi connectivity index (χ1n) is 2.78. The van der Waals surface area contributed by atoms with Crippen LogP contribution in [-0.4, -0.2) is 4.98 Å². The van der Waals surface area contributed by atoms with Crippen molar-refractivity contribution >= 4 is 13.6 Å². The second-order valence-electron chi connectivity index (χ2n) is 1.65. The SMILES string of the molecule is FC(F)(F)c1ccc[c-]n1.[Zn+][Br]. The molecular weight excluding hydrogens is 288 g/mol. The quantitative estimate of drug-likeness (QED) is 0.529. The molecular formula is C6H3BrF3NZn. The molecule has 1 nitrogen and oxygen atoms in total. The minimum absolute atomic E-state index is 0.899. The first-order valence-corrected chi connectivity index (χ1v) is 9.72. The van der Waals surface area contributed by atoms with E-state index in [1.54, 1.807) is 0 Å². The minimum atomic E-state index is -4.35. The normalized spacial score (nSPS) is 10.2. The van der Waals surface area contributed by atoms with Crippen LogP contribution in [0.25, 0.3) is 0 Å².